The molecule has 22 heavy (non-hydrogen) atoms. The van der Waals surface area contributed by atoms with Gasteiger partial charge in [-0.05, 0) is 39.5 Å². The molecule has 1 amide bonds. The molecule has 0 radical (unpaired) electrons. The molecule has 7 nitrogen and oxygen atoms in total. The molecule has 0 aromatic carbocycles. The number of carbonyl (C=O) groups is 1. The van der Waals surface area contributed by atoms with Gasteiger partial charge in [-0.2, -0.15) is 0 Å². The molecule has 0 atom stereocenters. The Morgan fingerprint density at radius 3 is 2.59 bits per heavy atom. The molecule has 0 spiro atoms. The van der Waals surface area contributed by atoms with Crippen molar-refractivity contribution in [2.24, 2.45) is 5.92 Å². The fourth-order valence-electron chi connectivity index (χ4n) is 2.22. The molecule has 1 fully saturated rings. The van der Waals surface area contributed by atoms with Gasteiger partial charge in [-0.3, -0.25) is 4.79 Å². The first-order valence-electron chi connectivity index (χ1n) is 7.50. The van der Waals surface area contributed by atoms with Crippen LogP contribution in [0.4, 0.5) is 4.79 Å². The third kappa shape index (κ3) is 5.05. The fourth-order valence-corrected chi connectivity index (χ4v) is 2.22. The lowest BCUT2D eigenvalue weighted by molar-refractivity contribution is 0.0164. The SMILES string of the molecule is CC(C)(C)OC(=O)N1CCC(COc2ccc(=O)[nH]n2)CC1. The molecule has 122 valence electrons. The summed E-state index contributed by atoms with van der Waals surface area (Å²) in [6.07, 6.45) is 1.47. The number of aromatic nitrogens is 2. The summed E-state index contributed by atoms with van der Waals surface area (Å²) in [6, 6.07) is 2.93. The largest absolute Gasteiger partial charge is 0.476 e. The van der Waals surface area contributed by atoms with Crippen LogP contribution in [0.2, 0.25) is 0 Å². The van der Waals surface area contributed by atoms with Crippen LogP contribution in [0.1, 0.15) is 33.6 Å². The number of hydrogen-bond donors (Lipinski definition) is 1. The number of amides is 1. The smallest absolute Gasteiger partial charge is 0.410 e. The Hall–Kier alpha value is -2.05. The molecule has 0 saturated carbocycles. The van der Waals surface area contributed by atoms with Crippen LogP contribution in [-0.4, -0.2) is 46.5 Å². The number of ether oxygens (including phenoxy) is 2. The third-order valence-electron chi connectivity index (χ3n) is 3.39. The summed E-state index contributed by atoms with van der Waals surface area (Å²) in [5.74, 6) is 0.779. The van der Waals surface area contributed by atoms with Crippen LogP contribution in [0.15, 0.2) is 16.9 Å². The number of nitrogens with one attached hydrogen (secondary N) is 1. The van der Waals surface area contributed by atoms with Crippen LogP contribution < -0.4 is 10.3 Å². The number of aromatic amines is 1. The standard InChI is InChI=1S/C15H23N3O4/c1-15(2,3)22-14(20)18-8-6-11(7-9-18)10-21-13-5-4-12(19)16-17-13/h4-5,11H,6-10H2,1-3H3,(H,16,19). The predicted molar refractivity (Wildman–Crippen MR) is 80.9 cm³/mol. The van der Waals surface area contributed by atoms with Crippen molar-refractivity contribution in [3.05, 3.63) is 22.5 Å². The number of hydrogen-bond acceptors (Lipinski definition) is 5. The molecule has 1 N–H and O–H groups in total. The summed E-state index contributed by atoms with van der Waals surface area (Å²) in [5.41, 5.74) is -0.717. The van der Waals surface area contributed by atoms with Gasteiger partial charge in [0.2, 0.25) is 5.88 Å². The summed E-state index contributed by atoms with van der Waals surface area (Å²) < 4.78 is 10.9. The Morgan fingerprint density at radius 2 is 2.05 bits per heavy atom. The van der Waals surface area contributed by atoms with Crippen LogP contribution >= 0.6 is 0 Å². The van der Waals surface area contributed by atoms with E-state index in [-0.39, 0.29) is 11.7 Å². The quantitative estimate of drug-likeness (QED) is 0.920. The van der Waals surface area contributed by atoms with Crippen molar-refractivity contribution in [1.82, 2.24) is 15.1 Å². The molecule has 7 heteroatoms. The Kier molecular flexibility index (Phi) is 5.05. The minimum Gasteiger partial charge on any atom is -0.476 e. The Bertz CT molecular complexity index is 536. The predicted octanol–water partition coefficient (Wildman–Crippen LogP) is 1.80. The Balaban J connectivity index is 1.74. The Labute approximate surface area is 129 Å². The molecule has 2 rings (SSSR count). The number of rotatable bonds is 3. The second-order valence-electron chi connectivity index (χ2n) is 6.48. The van der Waals surface area contributed by atoms with Crippen molar-refractivity contribution in [3.8, 4) is 5.88 Å². The van der Waals surface area contributed by atoms with Crippen LogP contribution in [0.25, 0.3) is 0 Å². The first-order valence-corrected chi connectivity index (χ1v) is 7.50. The second kappa shape index (κ2) is 6.81. The normalized spacial score (nSPS) is 16.4. The average Bonchev–Trinajstić information content (AvgIpc) is 2.45. The summed E-state index contributed by atoms with van der Waals surface area (Å²) in [5, 5.41) is 6.13. The van der Waals surface area contributed by atoms with Gasteiger partial charge in [-0.15, -0.1) is 5.10 Å². The van der Waals surface area contributed by atoms with Gasteiger partial charge in [0.15, 0.2) is 0 Å². The number of carbonyl (C=O) groups excluding carboxylic acids is 1. The van der Waals surface area contributed by atoms with Crippen molar-refractivity contribution in [3.63, 3.8) is 0 Å². The zero-order chi connectivity index (χ0) is 16.2. The van der Waals surface area contributed by atoms with E-state index in [1.807, 2.05) is 20.8 Å². The van der Waals surface area contributed by atoms with Gasteiger partial charge in [-0.1, -0.05) is 0 Å². The van der Waals surface area contributed by atoms with E-state index >= 15 is 0 Å². The zero-order valence-electron chi connectivity index (χ0n) is 13.3. The number of H-pyrrole nitrogens is 1. The van der Waals surface area contributed by atoms with Gasteiger partial charge in [-0.25, -0.2) is 9.89 Å². The van der Waals surface area contributed by atoms with Gasteiger partial charge in [0.25, 0.3) is 5.56 Å². The highest BCUT2D eigenvalue weighted by atomic mass is 16.6. The second-order valence-corrected chi connectivity index (χ2v) is 6.48. The van der Waals surface area contributed by atoms with E-state index in [2.05, 4.69) is 10.2 Å². The maximum absolute atomic E-state index is 12.0. The Morgan fingerprint density at radius 1 is 1.36 bits per heavy atom. The lowest BCUT2D eigenvalue weighted by Gasteiger charge is -2.33. The monoisotopic (exact) mass is 309 g/mol. The number of nitrogens with zero attached hydrogens (tertiary/aromatic N) is 2. The van der Waals surface area contributed by atoms with Gasteiger partial charge in [0.05, 0.1) is 6.61 Å². The molecule has 1 saturated heterocycles. The van der Waals surface area contributed by atoms with Crippen LogP contribution in [0, 0.1) is 5.92 Å². The lowest BCUT2D eigenvalue weighted by atomic mass is 9.98. The first kappa shape index (κ1) is 16.3. The van der Waals surface area contributed by atoms with Gasteiger partial charge in [0, 0.05) is 25.2 Å². The van der Waals surface area contributed by atoms with E-state index in [4.69, 9.17) is 9.47 Å². The summed E-state index contributed by atoms with van der Waals surface area (Å²) in [6.45, 7) is 7.46. The molecule has 0 aliphatic carbocycles. The van der Waals surface area contributed by atoms with Crippen molar-refractivity contribution in [2.75, 3.05) is 19.7 Å². The molecular weight excluding hydrogens is 286 g/mol. The minimum atomic E-state index is -0.465. The summed E-state index contributed by atoms with van der Waals surface area (Å²) in [4.78, 5) is 24.6. The maximum Gasteiger partial charge on any atom is 0.410 e. The van der Waals surface area contributed by atoms with Gasteiger partial charge in [0.1, 0.15) is 5.60 Å². The molecule has 0 bridgehead atoms. The molecule has 1 aromatic rings. The van der Waals surface area contributed by atoms with Gasteiger partial charge < -0.3 is 14.4 Å². The third-order valence-corrected chi connectivity index (χ3v) is 3.39. The molecule has 1 aliphatic heterocycles. The lowest BCUT2D eigenvalue weighted by Crippen LogP contribution is -2.42. The number of piperidine rings is 1. The van der Waals surface area contributed by atoms with E-state index in [1.165, 1.54) is 6.07 Å². The highest BCUT2D eigenvalue weighted by Gasteiger charge is 2.27. The van der Waals surface area contributed by atoms with E-state index in [9.17, 15) is 9.59 Å². The van der Waals surface area contributed by atoms with E-state index in [0.29, 0.717) is 31.5 Å². The van der Waals surface area contributed by atoms with Gasteiger partial charge >= 0.3 is 6.09 Å². The fraction of sp³-hybridized carbons (Fsp3) is 0.667. The minimum absolute atomic E-state index is 0.252. The van der Waals surface area contributed by atoms with Crippen LogP contribution in [0.5, 0.6) is 5.88 Å². The van der Waals surface area contributed by atoms with Crippen LogP contribution in [0.3, 0.4) is 0 Å². The van der Waals surface area contributed by atoms with Crippen molar-refractivity contribution < 1.29 is 14.3 Å². The maximum atomic E-state index is 12.0. The summed E-state index contributed by atoms with van der Waals surface area (Å²) >= 11 is 0. The number of likely N-dealkylation sites (tertiary alicyclic amines) is 1. The van der Waals surface area contributed by atoms with E-state index < -0.39 is 5.60 Å². The summed E-state index contributed by atoms with van der Waals surface area (Å²) in [7, 11) is 0. The van der Waals surface area contributed by atoms with Crippen molar-refractivity contribution >= 4 is 6.09 Å². The zero-order valence-corrected chi connectivity index (χ0v) is 13.3. The van der Waals surface area contributed by atoms with Crippen molar-refractivity contribution in [1.29, 1.82) is 0 Å². The molecular formula is C15H23N3O4. The first-order chi connectivity index (χ1) is 10.3. The van der Waals surface area contributed by atoms with E-state index in [0.717, 1.165) is 12.8 Å². The highest BCUT2D eigenvalue weighted by Crippen LogP contribution is 2.20. The van der Waals surface area contributed by atoms with Crippen molar-refractivity contribution in [2.45, 2.75) is 39.2 Å². The highest BCUT2D eigenvalue weighted by molar-refractivity contribution is 5.68. The van der Waals surface area contributed by atoms with Crippen LogP contribution in [-0.2, 0) is 4.74 Å². The molecule has 0 unspecified atom stereocenters. The van der Waals surface area contributed by atoms with E-state index in [1.54, 1.807) is 11.0 Å². The topological polar surface area (TPSA) is 84.5 Å². The average molecular weight is 309 g/mol. The molecule has 1 aromatic heterocycles. The molecule has 2 heterocycles. The molecule has 1 aliphatic rings.